The maximum absolute atomic E-state index is 12.8. The Hall–Kier alpha value is -3.11. The monoisotopic (exact) mass is 477 g/mol. The summed E-state index contributed by atoms with van der Waals surface area (Å²) in [6.07, 6.45) is 3.19. The molecular weight excluding hydrogens is 448 g/mol. The Bertz CT molecular complexity index is 1000. The van der Waals surface area contributed by atoms with Crippen molar-refractivity contribution in [3.63, 3.8) is 0 Å². The second-order valence-electron chi connectivity index (χ2n) is 8.42. The highest BCUT2D eigenvalue weighted by atomic mass is 35.5. The zero-order valence-electron chi connectivity index (χ0n) is 18.6. The highest BCUT2D eigenvalue weighted by Gasteiger charge is 2.37. The number of hydrogen-bond acceptors (Lipinski definition) is 7. The Morgan fingerprint density at radius 1 is 1.24 bits per heavy atom. The fraction of sp³-hybridized carbons (Fsp3) is 0.455. The molecule has 178 valence electrons. The number of nitrogens with one attached hydrogen (secondary N) is 1. The van der Waals surface area contributed by atoms with Gasteiger partial charge in [0, 0.05) is 6.42 Å². The molecule has 2 atom stereocenters. The van der Waals surface area contributed by atoms with Gasteiger partial charge in [0.05, 0.1) is 32.8 Å². The van der Waals surface area contributed by atoms with Crippen molar-refractivity contribution in [1.29, 1.82) is 0 Å². The molecule has 1 aromatic heterocycles. The number of benzene rings is 1. The van der Waals surface area contributed by atoms with Crippen LogP contribution in [0.1, 0.15) is 35.3 Å². The Morgan fingerprint density at radius 3 is 2.64 bits per heavy atom. The van der Waals surface area contributed by atoms with Crippen LogP contribution in [0.25, 0.3) is 0 Å². The molecule has 1 saturated heterocycles. The van der Waals surface area contributed by atoms with Crippen molar-refractivity contribution in [3.05, 3.63) is 40.7 Å². The van der Waals surface area contributed by atoms with Crippen LogP contribution in [0.2, 0.25) is 5.15 Å². The van der Waals surface area contributed by atoms with Crippen molar-refractivity contribution in [2.45, 2.75) is 31.7 Å². The third-order valence-corrected chi connectivity index (χ3v) is 6.25. The minimum Gasteiger partial charge on any atom is -0.497 e. The number of amides is 1. The average molecular weight is 478 g/mol. The van der Waals surface area contributed by atoms with Crippen LogP contribution < -0.4 is 21.5 Å². The number of aryl methyl sites for hydroxylation is 1. The summed E-state index contributed by atoms with van der Waals surface area (Å²) in [4.78, 5) is 32.2. The molecule has 0 radical (unpaired) electrons. The summed E-state index contributed by atoms with van der Waals surface area (Å²) < 4.78 is 5.59. The number of carbonyl (C=O) groups excluding carboxylic acids is 1. The van der Waals surface area contributed by atoms with Gasteiger partial charge in [0.15, 0.2) is 29.0 Å². The molecule has 0 saturated carbocycles. The van der Waals surface area contributed by atoms with Crippen LogP contribution in [-0.2, 0) is 11.2 Å². The second-order valence-corrected chi connectivity index (χ2v) is 8.78. The molecule has 1 amide bonds. The molecule has 0 aliphatic carbocycles. The van der Waals surface area contributed by atoms with E-state index in [9.17, 15) is 14.7 Å². The summed E-state index contributed by atoms with van der Waals surface area (Å²) >= 11 is 5.89. The van der Waals surface area contributed by atoms with Crippen molar-refractivity contribution in [2.75, 3.05) is 44.8 Å². The molecule has 10 nitrogen and oxygen atoms in total. The number of methoxy groups -OCH3 is 1. The summed E-state index contributed by atoms with van der Waals surface area (Å²) in [5, 5.41) is 12.4. The molecular formula is C22H30ClN6O4+. The van der Waals surface area contributed by atoms with Gasteiger partial charge in [0.1, 0.15) is 5.75 Å². The molecule has 3 rings (SSSR count). The Balaban J connectivity index is 1.66. The first-order valence-electron chi connectivity index (χ1n) is 10.8. The molecule has 1 aromatic carbocycles. The van der Waals surface area contributed by atoms with E-state index in [4.69, 9.17) is 27.8 Å². The smallest absolute Gasteiger partial charge is 0.359 e. The van der Waals surface area contributed by atoms with Gasteiger partial charge in [-0.05, 0) is 37.0 Å². The van der Waals surface area contributed by atoms with E-state index in [1.165, 1.54) is 5.56 Å². The molecule has 1 fully saturated rings. The normalized spacial score (nSPS) is 20.2. The van der Waals surface area contributed by atoms with Crippen molar-refractivity contribution >= 4 is 35.1 Å². The number of carboxylic acids is 1. The number of nitrogens with zero attached hydrogens (tertiary/aromatic N) is 3. The lowest BCUT2D eigenvalue weighted by Crippen LogP contribution is -2.61. The lowest BCUT2D eigenvalue weighted by atomic mass is 10.0. The number of aliphatic carboxylic acids is 1. The van der Waals surface area contributed by atoms with Crippen LogP contribution in [0.3, 0.4) is 0 Å². The van der Waals surface area contributed by atoms with Crippen LogP contribution in [0.5, 0.6) is 5.75 Å². The molecule has 2 heterocycles. The van der Waals surface area contributed by atoms with Crippen LogP contribution in [0.4, 0.5) is 11.6 Å². The maximum atomic E-state index is 12.8. The second kappa shape index (κ2) is 10.7. The van der Waals surface area contributed by atoms with Gasteiger partial charge >= 0.3 is 5.97 Å². The van der Waals surface area contributed by atoms with E-state index in [1.54, 1.807) is 7.11 Å². The number of halogens is 1. The fourth-order valence-electron chi connectivity index (χ4n) is 4.43. The van der Waals surface area contributed by atoms with E-state index in [0.29, 0.717) is 17.6 Å². The van der Waals surface area contributed by atoms with Gasteiger partial charge in [0.2, 0.25) is 0 Å². The summed E-state index contributed by atoms with van der Waals surface area (Å²) in [5.74, 6) is -0.698. The van der Waals surface area contributed by atoms with E-state index in [2.05, 4.69) is 15.3 Å². The van der Waals surface area contributed by atoms with Gasteiger partial charge in [-0.3, -0.25) is 4.79 Å². The lowest BCUT2D eigenvalue weighted by molar-refractivity contribution is -0.926. The molecule has 11 heteroatoms. The van der Waals surface area contributed by atoms with Gasteiger partial charge in [-0.2, -0.15) is 0 Å². The highest BCUT2D eigenvalue weighted by molar-refractivity contribution is 6.31. The van der Waals surface area contributed by atoms with Crippen molar-refractivity contribution in [2.24, 2.45) is 0 Å². The number of nitrogen functional groups attached to an aromatic ring is 2. The van der Waals surface area contributed by atoms with Gasteiger partial charge in [-0.25, -0.2) is 14.8 Å². The number of piperidine rings is 1. The SMILES string of the molecule is COc1ccc(CCC[N+]2(CC(=O)O)CCCC(NC(=O)c3nc(Cl)c(N)nc3N)C2)cc1. The number of aromatic nitrogens is 2. The van der Waals surface area contributed by atoms with Gasteiger partial charge in [-0.15, -0.1) is 0 Å². The average Bonchev–Trinajstić information content (AvgIpc) is 2.76. The summed E-state index contributed by atoms with van der Waals surface area (Å²) in [5.41, 5.74) is 12.4. The number of nitrogens with two attached hydrogens (primary N) is 2. The lowest BCUT2D eigenvalue weighted by Gasteiger charge is -2.43. The summed E-state index contributed by atoms with van der Waals surface area (Å²) in [7, 11) is 1.63. The zero-order valence-corrected chi connectivity index (χ0v) is 19.3. The van der Waals surface area contributed by atoms with Crippen molar-refractivity contribution in [3.8, 4) is 5.75 Å². The van der Waals surface area contributed by atoms with Crippen LogP contribution >= 0.6 is 11.6 Å². The van der Waals surface area contributed by atoms with E-state index in [-0.39, 0.29) is 35.1 Å². The molecule has 2 unspecified atom stereocenters. The number of carbonyl (C=O) groups is 2. The van der Waals surface area contributed by atoms with E-state index < -0.39 is 11.9 Å². The third-order valence-electron chi connectivity index (χ3n) is 5.98. The number of anilines is 2. The minimum atomic E-state index is -0.855. The quantitative estimate of drug-likeness (QED) is 0.398. The van der Waals surface area contributed by atoms with E-state index in [0.717, 1.165) is 38.0 Å². The van der Waals surface area contributed by atoms with E-state index in [1.807, 2.05) is 24.3 Å². The van der Waals surface area contributed by atoms with Gasteiger partial charge in [0.25, 0.3) is 5.91 Å². The van der Waals surface area contributed by atoms with Crippen molar-refractivity contribution in [1.82, 2.24) is 15.3 Å². The number of ether oxygens (including phenoxy) is 1. The van der Waals surface area contributed by atoms with Gasteiger partial charge in [-0.1, -0.05) is 23.7 Å². The standard InChI is InChI=1S/C22H29ClN6O4/c1-33-16-8-6-14(7-9-16)4-2-10-29(13-17(30)31)11-3-5-15(12-29)26-22(32)18-20(24)28-21(25)19(23)27-18/h6-9,15H,2-5,10-13H2,1H3,(H5-,24,25,26,28,30,31,32)/p+1. The molecule has 1 aliphatic rings. The first-order valence-corrected chi connectivity index (χ1v) is 11.2. The molecule has 2 aromatic rings. The van der Waals surface area contributed by atoms with Gasteiger partial charge < -0.3 is 31.1 Å². The van der Waals surface area contributed by atoms with E-state index >= 15 is 0 Å². The Labute approximate surface area is 197 Å². The van der Waals surface area contributed by atoms with Crippen LogP contribution in [0, 0.1) is 0 Å². The largest absolute Gasteiger partial charge is 0.497 e. The zero-order chi connectivity index (χ0) is 24.0. The molecule has 1 aliphatic heterocycles. The highest BCUT2D eigenvalue weighted by Crippen LogP contribution is 2.23. The number of carboxylic acid groups (broad SMARTS) is 1. The molecule has 0 spiro atoms. The topological polar surface area (TPSA) is 153 Å². The molecule has 6 N–H and O–H groups in total. The number of quaternary nitrogens is 1. The first-order chi connectivity index (χ1) is 15.7. The fourth-order valence-corrected chi connectivity index (χ4v) is 4.55. The molecule has 0 bridgehead atoms. The molecule has 33 heavy (non-hydrogen) atoms. The minimum absolute atomic E-state index is 0.00459. The number of likely N-dealkylation sites (tertiary alicyclic amines) is 1. The summed E-state index contributed by atoms with van der Waals surface area (Å²) in [6.45, 7) is 1.96. The predicted molar refractivity (Wildman–Crippen MR) is 125 cm³/mol. The number of rotatable bonds is 9. The van der Waals surface area contributed by atoms with Crippen molar-refractivity contribution < 1.29 is 23.9 Å². The maximum Gasteiger partial charge on any atom is 0.359 e. The summed E-state index contributed by atoms with van der Waals surface area (Å²) in [6, 6.07) is 7.65. The van der Waals surface area contributed by atoms with Crippen LogP contribution in [-0.4, -0.2) is 70.8 Å². The first kappa shape index (κ1) is 24.5. The predicted octanol–water partition coefficient (Wildman–Crippen LogP) is 1.73. The van der Waals surface area contributed by atoms with Crippen LogP contribution in [0.15, 0.2) is 24.3 Å². The Kier molecular flexibility index (Phi) is 7.93. The number of hydrogen-bond donors (Lipinski definition) is 4. The Morgan fingerprint density at radius 2 is 1.97 bits per heavy atom. The third kappa shape index (κ3) is 6.45.